The Balaban J connectivity index is 1.11. The third-order valence-electron chi connectivity index (χ3n) is 6.47. The maximum Gasteiger partial charge on any atom is 0.157 e. The summed E-state index contributed by atoms with van der Waals surface area (Å²) >= 11 is 0. The number of hydrogen-bond donors (Lipinski definition) is 0. The summed E-state index contributed by atoms with van der Waals surface area (Å²) in [5.41, 5.74) is 3.27. The molecular weight excluding hydrogens is 376 g/mol. The Morgan fingerprint density at radius 1 is 0.633 bits per heavy atom. The van der Waals surface area contributed by atoms with Crippen LogP contribution in [0.3, 0.4) is 0 Å². The molecule has 0 amide bonds. The molecule has 2 heterocycles. The molecular formula is C26H44O4. The van der Waals surface area contributed by atoms with E-state index >= 15 is 0 Å². The summed E-state index contributed by atoms with van der Waals surface area (Å²) in [6, 6.07) is 0. The quantitative estimate of drug-likeness (QED) is 0.228. The van der Waals surface area contributed by atoms with Crippen LogP contribution in [0.2, 0.25) is 0 Å². The minimum absolute atomic E-state index is 0.0711. The van der Waals surface area contributed by atoms with Crippen molar-refractivity contribution >= 4 is 0 Å². The van der Waals surface area contributed by atoms with Gasteiger partial charge >= 0.3 is 0 Å². The van der Waals surface area contributed by atoms with E-state index in [2.05, 4.69) is 12.2 Å². The molecule has 0 N–H and O–H groups in total. The highest BCUT2D eigenvalue weighted by Crippen LogP contribution is 2.25. The predicted octanol–water partition coefficient (Wildman–Crippen LogP) is 6.84. The molecule has 0 aromatic rings. The minimum Gasteiger partial charge on any atom is -0.353 e. The standard InChI is InChI=1S/C26H44O4/c1(7-19-27-25-13-5-9-21-29-25)3-11-23-15-17-24(18-16-23)12-4-2-8-20-28-26-14-6-10-22-30-26/h15,18,25-26H,1-14,16-17,19-22H2. The zero-order valence-corrected chi connectivity index (χ0v) is 19.1. The lowest BCUT2D eigenvalue weighted by atomic mass is 9.93. The van der Waals surface area contributed by atoms with E-state index in [0.29, 0.717) is 0 Å². The van der Waals surface area contributed by atoms with Gasteiger partial charge in [-0.05, 0) is 89.9 Å². The fourth-order valence-corrected chi connectivity index (χ4v) is 4.50. The molecule has 3 rings (SSSR count). The summed E-state index contributed by atoms with van der Waals surface area (Å²) in [6.07, 6.45) is 24.4. The maximum absolute atomic E-state index is 5.82. The molecule has 0 aromatic heterocycles. The molecule has 4 heteroatoms. The van der Waals surface area contributed by atoms with Gasteiger partial charge in [-0.25, -0.2) is 0 Å². The highest BCUT2D eigenvalue weighted by Gasteiger charge is 2.14. The molecule has 0 radical (unpaired) electrons. The Kier molecular flexibility index (Phi) is 12.1. The maximum atomic E-state index is 5.82. The van der Waals surface area contributed by atoms with E-state index in [-0.39, 0.29) is 12.6 Å². The number of allylic oxidation sites excluding steroid dienone is 4. The van der Waals surface area contributed by atoms with Crippen molar-refractivity contribution in [2.45, 2.75) is 115 Å². The van der Waals surface area contributed by atoms with Crippen molar-refractivity contribution in [3.63, 3.8) is 0 Å². The first kappa shape index (κ1) is 24.0. The Bertz CT molecular complexity index is 455. The first-order chi connectivity index (χ1) is 14.9. The van der Waals surface area contributed by atoms with Gasteiger partial charge in [-0.3, -0.25) is 0 Å². The zero-order chi connectivity index (χ0) is 20.7. The molecule has 0 saturated carbocycles. The third-order valence-corrected chi connectivity index (χ3v) is 6.47. The number of rotatable bonds is 14. The zero-order valence-electron chi connectivity index (χ0n) is 19.1. The van der Waals surface area contributed by atoms with E-state index in [4.69, 9.17) is 18.9 Å². The van der Waals surface area contributed by atoms with Crippen LogP contribution in [0, 0.1) is 0 Å². The third kappa shape index (κ3) is 10.1. The van der Waals surface area contributed by atoms with Gasteiger partial charge in [0.2, 0.25) is 0 Å². The van der Waals surface area contributed by atoms with Crippen molar-refractivity contribution < 1.29 is 18.9 Å². The van der Waals surface area contributed by atoms with Crippen LogP contribution in [0.1, 0.15) is 103 Å². The first-order valence-electron chi connectivity index (χ1n) is 12.7. The number of ether oxygens (including phenoxy) is 4. The van der Waals surface area contributed by atoms with Crippen LogP contribution in [-0.4, -0.2) is 39.0 Å². The average molecular weight is 421 g/mol. The van der Waals surface area contributed by atoms with Gasteiger partial charge in [0.1, 0.15) is 0 Å². The van der Waals surface area contributed by atoms with Crippen LogP contribution in [-0.2, 0) is 18.9 Å². The van der Waals surface area contributed by atoms with Gasteiger partial charge in [0.25, 0.3) is 0 Å². The summed E-state index contributed by atoms with van der Waals surface area (Å²) in [5, 5.41) is 0. The van der Waals surface area contributed by atoms with Crippen LogP contribution < -0.4 is 0 Å². The lowest BCUT2D eigenvalue weighted by Gasteiger charge is -2.22. The molecule has 2 atom stereocenters. The lowest BCUT2D eigenvalue weighted by Crippen LogP contribution is -2.22. The van der Waals surface area contributed by atoms with E-state index in [9.17, 15) is 0 Å². The molecule has 0 spiro atoms. The van der Waals surface area contributed by atoms with Crippen molar-refractivity contribution in [2.75, 3.05) is 26.4 Å². The Morgan fingerprint density at radius 2 is 1.13 bits per heavy atom. The lowest BCUT2D eigenvalue weighted by molar-refractivity contribution is -0.163. The molecule has 0 bridgehead atoms. The SMILES string of the molecule is C1=C(CCCCCOC2CCCCO2)CC=C(CCCCCOC2CCCCO2)C1. The van der Waals surface area contributed by atoms with Gasteiger partial charge in [0, 0.05) is 26.4 Å². The highest BCUT2D eigenvalue weighted by molar-refractivity contribution is 5.21. The normalized spacial score (nSPS) is 25.1. The second-order valence-electron chi connectivity index (χ2n) is 9.09. The van der Waals surface area contributed by atoms with Crippen molar-refractivity contribution in [1.29, 1.82) is 0 Å². The summed E-state index contributed by atoms with van der Waals surface area (Å²) in [5.74, 6) is 0. The molecule has 1 aliphatic carbocycles. The molecule has 172 valence electrons. The fourth-order valence-electron chi connectivity index (χ4n) is 4.50. The molecule has 2 fully saturated rings. The molecule has 2 aliphatic heterocycles. The average Bonchev–Trinajstić information content (AvgIpc) is 2.81. The second kappa shape index (κ2) is 15.2. The highest BCUT2D eigenvalue weighted by atomic mass is 16.7. The molecule has 2 unspecified atom stereocenters. The van der Waals surface area contributed by atoms with E-state index in [0.717, 1.165) is 52.1 Å². The topological polar surface area (TPSA) is 36.9 Å². The van der Waals surface area contributed by atoms with E-state index < -0.39 is 0 Å². The first-order valence-corrected chi connectivity index (χ1v) is 12.7. The summed E-state index contributed by atoms with van der Waals surface area (Å²) < 4.78 is 22.9. The van der Waals surface area contributed by atoms with Gasteiger partial charge in [-0.1, -0.05) is 36.1 Å². The number of unbranched alkanes of at least 4 members (excludes halogenated alkanes) is 4. The Labute approximate surface area is 184 Å². The molecule has 3 aliphatic rings. The van der Waals surface area contributed by atoms with Crippen molar-refractivity contribution in [1.82, 2.24) is 0 Å². The van der Waals surface area contributed by atoms with Crippen LogP contribution >= 0.6 is 0 Å². The molecule has 2 saturated heterocycles. The molecule has 30 heavy (non-hydrogen) atoms. The van der Waals surface area contributed by atoms with E-state index in [1.807, 2.05) is 0 Å². The van der Waals surface area contributed by atoms with Gasteiger partial charge in [-0.15, -0.1) is 0 Å². The Hall–Kier alpha value is -0.680. The van der Waals surface area contributed by atoms with Crippen molar-refractivity contribution in [2.24, 2.45) is 0 Å². The van der Waals surface area contributed by atoms with Gasteiger partial charge in [0.05, 0.1) is 0 Å². The van der Waals surface area contributed by atoms with E-state index in [1.54, 1.807) is 11.1 Å². The summed E-state index contributed by atoms with van der Waals surface area (Å²) in [4.78, 5) is 0. The van der Waals surface area contributed by atoms with Crippen molar-refractivity contribution in [3.05, 3.63) is 23.3 Å². The largest absolute Gasteiger partial charge is 0.353 e. The smallest absolute Gasteiger partial charge is 0.157 e. The summed E-state index contributed by atoms with van der Waals surface area (Å²) in [6.45, 7) is 3.45. The number of hydrogen-bond acceptors (Lipinski definition) is 4. The minimum atomic E-state index is 0.0711. The Morgan fingerprint density at radius 3 is 1.53 bits per heavy atom. The molecule has 0 aromatic carbocycles. The fraction of sp³-hybridized carbons (Fsp3) is 0.846. The van der Waals surface area contributed by atoms with Gasteiger partial charge in [-0.2, -0.15) is 0 Å². The van der Waals surface area contributed by atoms with Crippen molar-refractivity contribution in [3.8, 4) is 0 Å². The van der Waals surface area contributed by atoms with Gasteiger partial charge in [0.15, 0.2) is 12.6 Å². The van der Waals surface area contributed by atoms with Crippen LogP contribution in [0.15, 0.2) is 23.3 Å². The second-order valence-corrected chi connectivity index (χ2v) is 9.09. The van der Waals surface area contributed by atoms with Gasteiger partial charge < -0.3 is 18.9 Å². The summed E-state index contributed by atoms with van der Waals surface area (Å²) in [7, 11) is 0. The van der Waals surface area contributed by atoms with Crippen LogP contribution in [0.25, 0.3) is 0 Å². The van der Waals surface area contributed by atoms with E-state index in [1.165, 1.54) is 77.0 Å². The van der Waals surface area contributed by atoms with Crippen LogP contribution in [0.4, 0.5) is 0 Å². The van der Waals surface area contributed by atoms with Crippen LogP contribution in [0.5, 0.6) is 0 Å². The molecule has 4 nitrogen and oxygen atoms in total. The predicted molar refractivity (Wildman–Crippen MR) is 121 cm³/mol. The monoisotopic (exact) mass is 420 g/mol.